The minimum atomic E-state index is 0.694. The van der Waals surface area contributed by atoms with E-state index in [0.29, 0.717) is 10.5 Å². The molecule has 0 fully saturated rings. The fourth-order valence-electron chi connectivity index (χ4n) is 1.51. The van der Waals surface area contributed by atoms with Gasteiger partial charge >= 0.3 is 0 Å². The zero-order valence-electron chi connectivity index (χ0n) is 14.4. The first kappa shape index (κ1) is 25.1. The molecule has 0 aromatic carbocycles. The van der Waals surface area contributed by atoms with Crippen LogP contribution >= 0.6 is 68.6 Å². The van der Waals surface area contributed by atoms with Gasteiger partial charge in [0.15, 0.2) is 0 Å². The van der Waals surface area contributed by atoms with Crippen LogP contribution in [0.3, 0.4) is 0 Å². The molecule has 0 heterocycles. The van der Waals surface area contributed by atoms with Gasteiger partial charge in [-0.05, 0) is 0 Å². The van der Waals surface area contributed by atoms with Crippen molar-refractivity contribution >= 4 is 68.6 Å². The summed E-state index contributed by atoms with van der Waals surface area (Å²) in [6, 6.07) is 0. The summed E-state index contributed by atoms with van der Waals surface area (Å²) in [7, 11) is 4.05. The van der Waals surface area contributed by atoms with Gasteiger partial charge in [0.05, 0.1) is 0 Å². The Balaban J connectivity index is 4.03. The topological polar surface area (TPSA) is 0 Å². The zero-order chi connectivity index (χ0) is 17.9. The molecule has 0 radical (unpaired) electrons. The highest BCUT2D eigenvalue weighted by molar-refractivity contribution is 8.76. The number of hydrogen-bond donors (Lipinski definition) is 0. The van der Waals surface area contributed by atoms with Crippen molar-refractivity contribution < 1.29 is 0 Å². The Morgan fingerprint density at radius 3 is 1.25 bits per heavy atom. The van der Waals surface area contributed by atoms with Gasteiger partial charge in [0.2, 0.25) is 0 Å². The minimum Gasteiger partial charge on any atom is -0.157 e. The average molecular weight is 439 g/mol. The van der Waals surface area contributed by atoms with Crippen molar-refractivity contribution in [2.24, 2.45) is 0 Å². The van der Waals surface area contributed by atoms with Crippen molar-refractivity contribution in [3.8, 4) is 0 Å². The number of hydrogen-bond acceptors (Lipinski definition) is 6. The first-order chi connectivity index (χ1) is 11.8. The van der Waals surface area contributed by atoms with Gasteiger partial charge in [-0.3, -0.25) is 0 Å². The molecule has 2 unspecified atom stereocenters. The van der Waals surface area contributed by atoms with E-state index in [1.807, 2.05) is 92.9 Å². The second-order valence-corrected chi connectivity index (χ2v) is 12.1. The van der Waals surface area contributed by atoms with E-state index in [4.69, 9.17) is 0 Å². The SMILES string of the molecule is C=CCSCC(CSSCC(CSCC=C)SCC=C)SCC=C. The molecule has 0 saturated heterocycles. The molecule has 0 N–H and O–H groups in total. The van der Waals surface area contributed by atoms with Crippen molar-refractivity contribution in [1.82, 2.24) is 0 Å². The summed E-state index contributed by atoms with van der Waals surface area (Å²) < 4.78 is 0. The molecule has 0 bridgehead atoms. The molecule has 0 aromatic heterocycles. The lowest BCUT2D eigenvalue weighted by Crippen LogP contribution is -2.12. The molecule has 24 heavy (non-hydrogen) atoms. The highest BCUT2D eigenvalue weighted by atomic mass is 33.1. The van der Waals surface area contributed by atoms with Gasteiger partial charge in [-0.1, -0.05) is 45.9 Å². The van der Waals surface area contributed by atoms with Crippen LogP contribution in [-0.4, -0.2) is 56.5 Å². The molecule has 0 spiro atoms. The standard InChI is InChI=1S/C18H30S6/c1-5-9-19-13-17(21-11-7-3)15-23-24-16-18(22-12-8-4)14-20-10-6-2/h5-8,17-18H,1-4,9-16H2. The average Bonchev–Trinajstić information content (AvgIpc) is 2.60. The summed E-state index contributed by atoms with van der Waals surface area (Å²) in [5.74, 6) is 8.97. The fraction of sp³-hybridized carbons (Fsp3) is 0.556. The van der Waals surface area contributed by atoms with Crippen molar-refractivity contribution in [3.05, 3.63) is 50.6 Å². The van der Waals surface area contributed by atoms with Crippen LogP contribution in [0.1, 0.15) is 0 Å². The van der Waals surface area contributed by atoms with Crippen LogP contribution < -0.4 is 0 Å². The second kappa shape index (κ2) is 20.4. The smallest absolute Gasteiger partial charge is 0.0240 e. The molecule has 0 aromatic rings. The highest BCUT2D eigenvalue weighted by Crippen LogP contribution is 2.31. The molecule has 6 heteroatoms. The third-order valence-electron chi connectivity index (χ3n) is 2.57. The maximum absolute atomic E-state index is 3.84. The first-order valence-electron chi connectivity index (χ1n) is 7.85. The Morgan fingerprint density at radius 2 is 0.917 bits per heavy atom. The van der Waals surface area contributed by atoms with E-state index in [9.17, 15) is 0 Å². The van der Waals surface area contributed by atoms with E-state index >= 15 is 0 Å². The van der Waals surface area contributed by atoms with Crippen molar-refractivity contribution in [2.75, 3.05) is 46.0 Å². The molecular weight excluding hydrogens is 409 g/mol. The largest absolute Gasteiger partial charge is 0.157 e. The Kier molecular flexibility index (Phi) is 21.3. The molecule has 0 aliphatic carbocycles. The highest BCUT2D eigenvalue weighted by Gasteiger charge is 2.12. The number of rotatable bonds is 19. The molecule has 0 aliphatic heterocycles. The fourth-order valence-corrected chi connectivity index (χ4v) is 9.33. The Bertz CT molecular complexity index is 299. The van der Waals surface area contributed by atoms with Gasteiger partial charge < -0.3 is 0 Å². The third kappa shape index (κ3) is 16.5. The Labute approximate surface area is 174 Å². The summed E-state index contributed by atoms with van der Waals surface area (Å²) >= 11 is 8.00. The van der Waals surface area contributed by atoms with Crippen molar-refractivity contribution in [3.63, 3.8) is 0 Å². The molecule has 0 saturated carbocycles. The van der Waals surface area contributed by atoms with Crippen LogP contribution in [0.4, 0.5) is 0 Å². The molecule has 0 amide bonds. The molecule has 2 atom stereocenters. The van der Waals surface area contributed by atoms with E-state index in [1.165, 1.54) is 23.0 Å². The zero-order valence-corrected chi connectivity index (χ0v) is 19.3. The van der Waals surface area contributed by atoms with E-state index in [1.54, 1.807) is 0 Å². The lowest BCUT2D eigenvalue weighted by molar-refractivity contribution is 1.15. The first-order valence-corrected chi connectivity index (χ1v) is 14.7. The third-order valence-corrected chi connectivity index (χ3v) is 10.7. The van der Waals surface area contributed by atoms with Crippen LogP contribution in [-0.2, 0) is 0 Å². The molecule has 0 nitrogen and oxygen atoms in total. The molecule has 0 aliphatic rings. The van der Waals surface area contributed by atoms with Crippen LogP contribution in [0.2, 0.25) is 0 Å². The van der Waals surface area contributed by atoms with E-state index in [-0.39, 0.29) is 0 Å². The second-order valence-electron chi connectivity index (χ2n) is 4.71. The summed E-state index contributed by atoms with van der Waals surface area (Å²) in [6.45, 7) is 15.3. The van der Waals surface area contributed by atoms with E-state index in [2.05, 4.69) is 26.3 Å². The minimum absolute atomic E-state index is 0.694. The van der Waals surface area contributed by atoms with Gasteiger partial charge in [-0.15, -0.1) is 26.3 Å². The predicted octanol–water partition coefficient (Wildman–Crippen LogP) is 6.78. The van der Waals surface area contributed by atoms with Crippen LogP contribution in [0, 0.1) is 0 Å². The summed E-state index contributed by atoms with van der Waals surface area (Å²) in [5.41, 5.74) is 0. The molecule has 0 rings (SSSR count). The molecule has 138 valence electrons. The van der Waals surface area contributed by atoms with Gasteiger partial charge in [-0.2, -0.15) is 47.0 Å². The molecular formula is C18H30S6. The van der Waals surface area contributed by atoms with E-state index in [0.717, 1.165) is 23.0 Å². The monoisotopic (exact) mass is 438 g/mol. The lowest BCUT2D eigenvalue weighted by Gasteiger charge is -2.17. The maximum Gasteiger partial charge on any atom is 0.0240 e. The summed E-state index contributed by atoms with van der Waals surface area (Å²) in [5, 5.41) is 1.39. The quantitative estimate of drug-likeness (QED) is 0.123. The van der Waals surface area contributed by atoms with Gasteiger partial charge in [0.25, 0.3) is 0 Å². The Hall–Kier alpha value is 1.06. The van der Waals surface area contributed by atoms with Gasteiger partial charge in [0, 0.05) is 56.5 Å². The predicted molar refractivity (Wildman–Crippen MR) is 133 cm³/mol. The van der Waals surface area contributed by atoms with Crippen LogP contribution in [0.15, 0.2) is 50.6 Å². The van der Waals surface area contributed by atoms with Crippen molar-refractivity contribution in [2.45, 2.75) is 10.5 Å². The van der Waals surface area contributed by atoms with E-state index < -0.39 is 0 Å². The lowest BCUT2D eigenvalue weighted by atomic mass is 10.5. The number of thioether (sulfide) groups is 4. The summed E-state index contributed by atoms with van der Waals surface area (Å²) in [6.07, 6.45) is 7.99. The Morgan fingerprint density at radius 1 is 0.542 bits per heavy atom. The van der Waals surface area contributed by atoms with Crippen LogP contribution in [0.25, 0.3) is 0 Å². The van der Waals surface area contributed by atoms with Crippen LogP contribution in [0.5, 0.6) is 0 Å². The van der Waals surface area contributed by atoms with Gasteiger partial charge in [0.1, 0.15) is 0 Å². The van der Waals surface area contributed by atoms with Gasteiger partial charge in [-0.25, -0.2) is 0 Å². The van der Waals surface area contributed by atoms with Crippen molar-refractivity contribution in [1.29, 1.82) is 0 Å². The summed E-state index contributed by atoms with van der Waals surface area (Å²) in [4.78, 5) is 0. The maximum atomic E-state index is 3.84. The normalized spacial score (nSPS) is 13.2.